The monoisotopic (exact) mass is 215 g/mol. The molecule has 1 unspecified atom stereocenters. The Morgan fingerprint density at radius 2 is 1.80 bits per heavy atom. The van der Waals surface area contributed by atoms with Gasteiger partial charge in [0, 0.05) is 0 Å². The Morgan fingerprint density at radius 3 is 2.13 bits per heavy atom. The Hall–Kier alpha value is -0.570. The van der Waals surface area contributed by atoms with Crippen LogP contribution in [0.3, 0.4) is 0 Å². The quantitative estimate of drug-likeness (QED) is 0.662. The number of nitrogens with one attached hydrogen (secondary N) is 1. The molecular formula is C12H25NO2. The van der Waals surface area contributed by atoms with Gasteiger partial charge in [0.1, 0.15) is 6.04 Å². The Morgan fingerprint density at radius 1 is 1.27 bits per heavy atom. The van der Waals surface area contributed by atoms with E-state index in [1.54, 1.807) is 0 Å². The number of carbonyl (C=O) groups is 1. The minimum atomic E-state index is -0.146. The zero-order valence-electron chi connectivity index (χ0n) is 10.7. The predicted octanol–water partition coefficient (Wildman–Crippen LogP) is 2.21. The lowest BCUT2D eigenvalue weighted by Crippen LogP contribution is -2.44. The van der Waals surface area contributed by atoms with Crippen LogP contribution < -0.4 is 5.32 Å². The standard InChI is InChI=1S/C12H25NO2/c1-6-10(7-2)11(12(14)15-5)13-8-9(3)4/h9-11,13H,6-8H2,1-5H3. The molecule has 1 N–H and O–H groups in total. The van der Waals surface area contributed by atoms with E-state index >= 15 is 0 Å². The molecule has 0 amide bonds. The molecule has 0 heterocycles. The molecule has 0 radical (unpaired) electrons. The first-order valence-corrected chi connectivity index (χ1v) is 5.87. The van der Waals surface area contributed by atoms with Gasteiger partial charge in [0.2, 0.25) is 0 Å². The molecule has 0 bridgehead atoms. The number of hydrogen-bond acceptors (Lipinski definition) is 3. The van der Waals surface area contributed by atoms with Crippen molar-refractivity contribution in [2.24, 2.45) is 11.8 Å². The van der Waals surface area contributed by atoms with Gasteiger partial charge in [-0.25, -0.2) is 0 Å². The minimum Gasteiger partial charge on any atom is -0.468 e. The highest BCUT2D eigenvalue weighted by Crippen LogP contribution is 2.14. The van der Waals surface area contributed by atoms with E-state index in [-0.39, 0.29) is 12.0 Å². The Bertz CT molecular complexity index is 176. The van der Waals surface area contributed by atoms with Crippen LogP contribution in [-0.2, 0) is 9.53 Å². The summed E-state index contributed by atoms with van der Waals surface area (Å²) in [4.78, 5) is 11.6. The van der Waals surface area contributed by atoms with Crippen molar-refractivity contribution < 1.29 is 9.53 Å². The summed E-state index contributed by atoms with van der Waals surface area (Å²) in [7, 11) is 1.45. The normalized spacial score (nSPS) is 13.3. The molecule has 0 saturated carbocycles. The molecule has 90 valence electrons. The van der Waals surface area contributed by atoms with Gasteiger partial charge in [0.25, 0.3) is 0 Å². The molecule has 0 saturated heterocycles. The maximum absolute atomic E-state index is 11.6. The van der Waals surface area contributed by atoms with E-state index in [1.165, 1.54) is 7.11 Å². The van der Waals surface area contributed by atoms with Gasteiger partial charge >= 0.3 is 5.97 Å². The van der Waals surface area contributed by atoms with E-state index in [0.717, 1.165) is 19.4 Å². The summed E-state index contributed by atoms with van der Waals surface area (Å²) in [6.07, 6.45) is 2.00. The lowest BCUT2D eigenvalue weighted by molar-refractivity contribution is -0.144. The van der Waals surface area contributed by atoms with E-state index in [1.807, 2.05) is 0 Å². The minimum absolute atomic E-state index is 0.135. The lowest BCUT2D eigenvalue weighted by atomic mass is 9.94. The molecule has 0 aliphatic rings. The van der Waals surface area contributed by atoms with E-state index in [4.69, 9.17) is 4.74 Å². The molecule has 0 aliphatic carbocycles. The second-order valence-corrected chi connectivity index (χ2v) is 4.38. The first kappa shape index (κ1) is 14.4. The van der Waals surface area contributed by atoms with Crippen molar-refractivity contribution in [3.05, 3.63) is 0 Å². The summed E-state index contributed by atoms with van der Waals surface area (Å²) in [5.74, 6) is 0.784. The molecule has 0 aromatic carbocycles. The second-order valence-electron chi connectivity index (χ2n) is 4.38. The fourth-order valence-electron chi connectivity index (χ4n) is 1.69. The van der Waals surface area contributed by atoms with Gasteiger partial charge in [0.15, 0.2) is 0 Å². The number of rotatable bonds is 7. The number of ether oxygens (including phenoxy) is 1. The third-order valence-electron chi connectivity index (χ3n) is 2.72. The van der Waals surface area contributed by atoms with E-state index in [9.17, 15) is 4.79 Å². The first-order chi connectivity index (χ1) is 7.06. The van der Waals surface area contributed by atoms with Crippen LogP contribution in [0.15, 0.2) is 0 Å². The van der Waals surface area contributed by atoms with Crippen molar-refractivity contribution in [1.29, 1.82) is 0 Å². The lowest BCUT2D eigenvalue weighted by Gasteiger charge is -2.24. The number of carbonyl (C=O) groups excluding carboxylic acids is 1. The zero-order valence-corrected chi connectivity index (χ0v) is 10.7. The van der Waals surface area contributed by atoms with Crippen LogP contribution in [-0.4, -0.2) is 25.7 Å². The molecule has 0 rings (SSSR count). The molecule has 0 aliphatic heterocycles. The smallest absolute Gasteiger partial charge is 0.323 e. The molecule has 0 spiro atoms. The van der Waals surface area contributed by atoms with Crippen LogP contribution in [0.1, 0.15) is 40.5 Å². The van der Waals surface area contributed by atoms with Crippen molar-refractivity contribution >= 4 is 5.97 Å². The van der Waals surface area contributed by atoms with E-state index in [0.29, 0.717) is 11.8 Å². The average molecular weight is 215 g/mol. The van der Waals surface area contributed by atoms with Crippen molar-refractivity contribution in [3.63, 3.8) is 0 Å². The van der Waals surface area contributed by atoms with Crippen molar-refractivity contribution in [2.45, 2.75) is 46.6 Å². The van der Waals surface area contributed by atoms with Crippen molar-refractivity contribution in [3.8, 4) is 0 Å². The fourth-order valence-corrected chi connectivity index (χ4v) is 1.69. The van der Waals surface area contributed by atoms with Gasteiger partial charge in [0.05, 0.1) is 7.11 Å². The fraction of sp³-hybridized carbons (Fsp3) is 0.917. The number of methoxy groups -OCH3 is 1. The average Bonchev–Trinajstić information content (AvgIpc) is 2.22. The van der Waals surface area contributed by atoms with Gasteiger partial charge in [-0.2, -0.15) is 0 Å². The van der Waals surface area contributed by atoms with E-state index in [2.05, 4.69) is 33.0 Å². The SMILES string of the molecule is CCC(CC)C(NCC(C)C)C(=O)OC. The molecule has 0 aromatic rings. The summed E-state index contributed by atoms with van der Waals surface area (Å²) in [6.45, 7) is 9.35. The Labute approximate surface area is 93.6 Å². The first-order valence-electron chi connectivity index (χ1n) is 5.87. The molecule has 1 atom stereocenters. The Balaban J connectivity index is 4.35. The molecule has 0 aromatic heterocycles. The summed E-state index contributed by atoms with van der Waals surface area (Å²) >= 11 is 0. The van der Waals surface area contributed by atoms with Gasteiger partial charge < -0.3 is 10.1 Å². The maximum atomic E-state index is 11.6. The largest absolute Gasteiger partial charge is 0.468 e. The van der Waals surface area contributed by atoms with Gasteiger partial charge in [-0.05, 0) is 18.4 Å². The van der Waals surface area contributed by atoms with E-state index < -0.39 is 0 Å². The second kappa shape index (κ2) is 7.69. The van der Waals surface area contributed by atoms with Crippen LogP contribution in [0.25, 0.3) is 0 Å². The predicted molar refractivity (Wildman–Crippen MR) is 62.7 cm³/mol. The Kier molecular flexibility index (Phi) is 7.39. The highest BCUT2D eigenvalue weighted by atomic mass is 16.5. The summed E-state index contributed by atoms with van der Waals surface area (Å²) < 4.78 is 4.83. The zero-order chi connectivity index (χ0) is 11.8. The molecular weight excluding hydrogens is 190 g/mol. The molecule has 0 fully saturated rings. The van der Waals surface area contributed by atoms with Gasteiger partial charge in [-0.15, -0.1) is 0 Å². The van der Waals surface area contributed by atoms with Gasteiger partial charge in [-0.3, -0.25) is 4.79 Å². The van der Waals surface area contributed by atoms with Gasteiger partial charge in [-0.1, -0.05) is 40.5 Å². The number of hydrogen-bond donors (Lipinski definition) is 1. The summed E-state index contributed by atoms with van der Waals surface area (Å²) in [5, 5.41) is 3.30. The highest BCUT2D eigenvalue weighted by molar-refractivity contribution is 5.76. The van der Waals surface area contributed by atoms with Crippen molar-refractivity contribution in [1.82, 2.24) is 5.32 Å². The topological polar surface area (TPSA) is 38.3 Å². The van der Waals surface area contributed by atoms with Crippen molar-refractivity contribution in [2.75, 3.05) is 13.7 Å². The third-order valence-corrected chi connectivity index (χ3v) is 2.72. The third kappa shape index (κ3) is 5.17. The van der Waals surface area contributed by atoms with Crippen LogP contribution in [0.5, 0.6) is 0 Å². The van der Waals surface area contributed by atoms with Crippen LogP contribution in [0.2, 0.25) is 0 Å². The molecule has 15 heavy (non-hydrogen) atoms. The highest BCUT2D eigenvalue weighted by Gasteiger charge is 2.26. The van der Waals surface area contributed by atoms with Crippen LogP contribution >= 0.6 is 0 Å². The molecule has 3 nitrogen and oxygen atoms in total. The summed E-state index contributed by atoms with van der Waals surface area (Å²) in [6, 6.07) is -0.146. The maximum Gasteiger partial charge on any atom is 0.323 e. The van der Waals surface area contributed by atoms with Crippen LogP contribution in [0.4, 0.5) is 0 Å². The summed E-state index contributed by atoms with van der Waals surface area (Å²) in [5.41, 5.74) is 0. The number of esters is 1. The van der Waals surface area contributed by atoms with Crippen LogP contribution in [0, 0.1) is 11.8 Å². The molecule has 3 heteroatoms.